The molecule has 3 rings (SSSR count). The summed E-state index contributed by atoms with van der Waals surface area (Å²) in [6.45, 7) is 8.86. The van der Waals surface area contributed by atoms with E-state index in [-0.39, 0.29) is 17.2 Å². The maximum Gasteiger partial charge on any atom is 0.262 e. The van der Waals surface area contributed by atoms with Crippen LogP contribution >= 0.6 is 11.8 Å². The molecule has 6 heteroatoms. The van der Waals surface area contributed by atoms with Crippen molar-refractivity contribution in [3.63, 3.8) is 0 Å². The third kappa shape index (κ3) is 5.07. The highest BCUT2D eigenvalue weighted by Crippen LogP contribution is 2.21. The number of hydrogen-bond donors (Lipinski definition) is 1. The van der Waals surface area contributed by atoms with Gasteiger partial charge >= 0.3 is 0 Å². The molecule has 2 aromatic carbocycles. The van der Waals surface area contributed by atoms with Crippen molar-refractivity contribution in [3.05, 3.63) is 63.9 Å². The van der Waals surface area contributed by atoms with Crippen molar-refractivity contribution < 1.29 is 4.79 Å². The number of nitrogens with one attached hydrogen (secondary N) is 1. The van der Waals surface area contributed by atoms with Gasteiger partial charge in [-0.2, -0.15) is 0 Å². The van der Waals surface area contributed by atoms with Crippen LogP contribution in [0.2, 0.25) is 0 Å². The summed E-state index contributed by atoms with van der Waals surface area (Å²) in [7, 11) is 0. The van der Waals surface area contributed by atoms with Crippen LogP contribution in [-0.2, 0) is 11.3 Å². The molecule has 0 spiro atoms. The summed E-state index contributed by atoms with van der Waals surface area (Å²) in [6.07, 6.45) is 0.877. The molecule has 0 aliphatic heterocycles. The Hall–Kier alpha value is -2.60. The molecule has 1 amide bonds. The van der Waals surface area contributed by atoms with E-state index in [1.54, 1.807) is 10.6 Å². The quantitative estimate of drug-likeness (QED) is 0.450. The van der Waals surface area contributed by atoms with Crippen LogP contribution in [0.1, 0.15) is 31.4 Å². The highest BCUT2D eigenvalue weighted by Gasteiger charge is 2.14. The van der Waals surface area contributed by atoms with E-state index < -0.39 is 0 Å². The lowest BCUT2D eigenvalue weighted by atomic mass is 10.1. The second kappa shape index (κ2) is 9.27. The van der Waals surface area contributed by atoms with Crippen LogP contribution in [-0.4, -0.2) is 21.2 Å². The van der Waals surface area contributed by atoms with Gasteiger partial charge in [-0.1, -0.05) is 49.9 Å². The van der Waals surface area contributed by atoms with Gasteiger partial charge in [0.1, 0.15) is 0 Å². The molecule has 1 heterocycles. The number of thioether (sulfide) groups is 1. The van der Waals surface area contributed by atoms with E-state index in [0.29, 0.717) is 28.5 Å². The Bertz CT molecular complexity index is 1090. The topological polar surface area (TPSA) is 64.0 Å². The zero-order valence-electron chi connectivity index (χ0n) is 17.4. The Morgan fingerprint density at radius 2 is 1.90 bits per heavy atom. The van der Waals surface area contributed by atoms with E-state index >= 15 is 0 Å². The third-order valence-corrected chi connectivity index (χ3v) is 5.94. The molecule has 0 aliphatic carbocycles. The van der Waals surface area contributed by atoms with Crippen molar-refractivity contribution >= 4 is 34.3 Å². The van der Waals surface area contributed by atoms with Crippen molar-refractivity contribution in [2.24, 2.45) is 5.92 Å². The van der Waals surface area contributed by atoms with Crippen LogP contribution in [0.25, 0.3) is 10.9 Å². The van der Waals surface area contributed by atoms with Crippen LogP contribution in [0.5, 0.6) is 0 Å². The number of carbonyl (C=O) groups excluding carboxylic acids is 1. The van der Waals surface area contributed by atoms with Crippen molar-refractivity contribution in [3.8, 4) is 0 Å². The van der Waals surface area contributed by atoms with Gasteiger partial charge in [0.2, 0.25) is 5.91 Å². The number of nitrogens with zero attached hydrogens (tertiary/aromatic N) is 2. The lowest BCUT2D eigenvalue weighted by Gasteiger charge is -2.14. The molecule has 0 aliphatic rings. The van der Waals surface area contributed by atoms with Crippen molar-refractivity contribution in [1.29, 1.82) is 0 Å². The van der Waals surface area contributed by atoms with Gasteiger partial charge < -0.3 is 5.32 Å². The summed E-state index contributed by atoms with van der Waals surface area (Å²) < 4.78 is 1.71. The van der Waals surface area contributed by atoms with Crippen LogP contribution in [0, 0.1) is 19.8 Å². The summed E-state index contributed by atoms with van der Waals surface area (Å²) in [4.78, 5) is 30.2. The number of rotatable bonds is 7. The van der Waals surface area contributed by atoms with Gasteiger partial charge in [0.05, 0.1) is 16.7 Å². The molecular formula is C23H27N3O2S. The minimum atomic E-state index is -0.110. The molecule has 0 unspecified atom stereocenters. The Kier molecular flexibility index (Phi) is 6.75. The number of anilines is 1. The molecule has 152 valence electrons. The van der Waals surface area contributed by atoms with E-state index in [9.17, 15) is 9.59 Å². The number of hydrogen-bond acceptors (Lipinski definition) is 4. The standard InChI is InChI=1S/C23H27N3O2S/c1-15(2)12-13-26-22(28)18-9-5-6-10-20(18)25-23(26)29-14-21(27)24-19-11-7-8-16(3)17(19)4/h5-11,15H,12-14H2,1-4H3,(H,24,27). The second-order valence-electron chi connectivity index (χ2n) is 7.64. The van der Waals surface area contributed by atoms with Gasteiger partial charge in [-0.05, 0) is 55.5 Å². The molecule has 5 nitrogen and oxygen atoms in total. The molecule has 0 saturated heterocycles. The minimum absolute atomic E-state index is 0.0475. The lowest BCUT2D eigenvalue weighted by molar-refractivity contribution is -0.113. The van der Waals surface area contributed by atoms with Crippen molar-refractivity contribution in [2.75, 3.05) is 11.1 Å². The lowest BCUT2D eigenvalue weighted by Crippen LogP contribution is -2.25. The first-order valence-corrected chi connectivity index (χ1v) is 10.8. The molecule has 29 heavy (non-hydrogen) atoms. The number of benzene rings is 2. The predicted molar refractivity (Wildman–Crippen MR) is 121 cm³/mol. The highest BCUT2D eigenvalue weighted by molar-refractivity contribution is 7.99. The maximum atomic E-state index is 13.0. The Labute approximate surface area is 175 Å². The van der Waals surface area contributed by atoms with E-state index in [0.717, 1.165) is 23.2 Å². The summed E-state index contributed by atoms with van der Waals surface area (Å²) in [5.74, 6) is 0.556. The van der Waals surface area contributed by atoms with Gasteiger partial charge in [-0.15, -0.1) is 0 Å². The highest BCUT2D eigenvalue weighted by atomic mass is 32.2. The van der Waals surface area contributed by atoms with E-state index in [2.05, 4.69) is 24.1 Å². The normalized spacial score (nSPS) is 11.2. The molecule has 0 atom stereocenters. The largest absolute Gasteiger partial charge is 0.325 e. The SMILES string of the molecule is Cc1cccc(NC(=O)CSc2nc3ccccc3c(=O)n2CCC(C)C)c1C. The average molecular weight is 410 g/mol. The maximum absolute atomic E-state index is 13.0. The van der Waals surface area contributed by atoms with Gasteiger partial charge in [0.25, 0.3) is 5.56 Å². The first-order chi connectivity index (χ1) is 13.9. The molecule has 0 bridgehead atoms. The fourth-order valence-corrected chi connectivity index (χ4v) is 3.87. The zero-order valence-corrected chi connectivity index (χ0v) is 18.2. The van der Waals surface area contributed by atoms with Crippen LogP contribution in [0.15, 0.2) is 52.4 Å². The summed E-state index contributed by atoms with van der Waals surface area (Å²) in [5, 5.41) is 4.17. The smallest absolute Gasteiger partial charge is 0.262 e. The monoisotopic (exact) mass is 409 g/mol. The van der Waals surface area contributed by atoms with Gasteiger partial charge in [0.15, 0.2) is 5.16 Å². The fraction of sp³-hybridized carbons (Fsp3) is 0.348. The zero-order chi connectivity index (χ0) is 21.0. The number of para-hydroxylation sites is 1. The molecule has 0 radical (unpaired) electrons. The Balaban J connectivity index is 1.82. The van der Waals surface area contributed by atoms with Crippen molar-refractivity contribution in [2.45, 2.75) is 45.8 Å². The second-order valence-corrected chi connectivity index (χ2v) is 8.58. The average Bonchev–Trinajstić information content (AvgIpc) is 2.69. The van der Waals surface area contributed by atoms with Crippen LogP contribution in [0.4, 0.5) is 5.69 Å². The van der Waals surface area contributed by atoms with Gasteiger partial charge in [0, 0.05) is 12.2 Å². The number of carbonyl (C=O) groups is 1. The number of aryl methyl sites for hydroxylation is 1. The fourth-order valence-electron chi connectivity index (χ4n) is 3.05. The van der Waals surface area contributed by atoms with Gasteiger partial charge in [-0.25, -0.2) is 4.98 Å². The molecule has 1 aromatic heterocycles. The van der Waals surface area contributed by atoms with E-state index in [4.69, 9.17) is 0 Å². The van der Waals surface area contributed by atoms with Gasteiger partial charge in [-0.3, -0.25) is 14.2 Å². The molecular weight excluding hydrogens is 382 g/mol. The molecule has 1 N–H and O–H groups in total. The first-order valence-electron chi connectivity index (χ1n) is 9.85. The summed E-state index contributed by atoms with van der Waals surface area (Å²) >= 11 is 1.30. The minimum Gasteiger partial charge on any atom is -0.325 e. The molecule has 0 fully saturated rings. The first kappa shape index (κ1) is 21.1. The molecule has 0 saturated carbocycles. The predicted octanol–water partition coefficient (Wildman–Crippen LogP) is 4.79. The number of amides is 1. The number of fused-ring (bicyclic) bond motifs is 1. The Morgan fingerprint density at radius 1 is 1.14 bits per heavy atom. The van der Waals surface area contributed by atoms with Crippen LogP contribution < -0.4 is 10.9 Å². The van der Waals surface area contributed by atoms with E-state index in [1.165, 1.54) is 11.8 Å². The van der Waals surface area contributed by atoms with Crippen molar-refractivity contribution in [1.82, 2.24) is 9.55 Å². The molecule has 3 aromatic rings. The van der Waals surface area contributed by atoms with Crippen LogP contribution in [0.3, 0.4) is 0 Å². The van der Waals surface area contributed by atoms with E-state index in [1.807, 2.05) is 50.2 Å². The third-order valence-electron chi connectivity index (χ3n) is 4.97. The summed E-state index contributed by atoms with van der Waals surface area (Å²) in [6, 6.07) is 13.2. The Morgan fingerprint density at radius 3 is 2.66 bits per heavy atom. The summed E-state index contributed by atoms with van der Waals surface area (Å²) in [5.41, 5.74) is 3.63. The number of aromatic nitrogens is 2.